The SMILES string of the molecule is COCCCc1cccc(CN(C(=O)[C@H]2CNCC[C@@H]2c2ccc(OCCOc3c(Cl)cc(C)cc3Cl)cc2)C2CC2)c1. The fraction of sp³-hybridized carbons (Fsp3) is 0.457. The van der Waals surface area contributed by atoms with Gasteiger partial charge in [-0.25, -0.2) is 0 Å². The minimum absolute atomic E-state index is 0.0941. The molecular formula is C35H42Cl2N2O4. The summed E-state index contributed by atoms with van der Waals surface area (Å²) in [5.41, 5.74) is 4.66. The van der Waals surface area contributed by atoms with Gasteiger partial charge in [-0.3, -0.25) is 4.79 Å². The van der Waals surface area contributed by atoms with E-state index in [9.17, 15) is 4.79 Å². The molecule has 43 heavy (non-hydrogen) atoms. The van der Waals surface area contributed by atoms with Crippen LogP contribution in [0.4, 0.5) is 0 Å². The fourth-order valence-electron chi connectivity index (χ4n) is 5.94. The number of benzene rings is 3. The molecule has 0 unspecified atom stereocenters. The number of piperidine rings is 1. The van der Waals surface area contributed by atoms with Crippen molar-refractivity contribution in [3.05, 3.63) is 93.0 Å². The average molecular weight is 626 g/mol. The molecule has 1 aliphatic heterocycles. The van der Waals surface area contributed by atoms with Crippen molar-refractivity contribution in [2.75, 3.05) is 40.0 Å². The maximum absolute atomic E-state index is 14.1. The number of nitrogens with zero attached hydrogens (tertiary/aromatic N) is 1. The molecule has 0 aromatic heterocycles. The molecule has 1 aliphatic carbocycles. The molecule has 1 N–H and O–H groups in total. The number of methoxy groups -OCH3 is 1. The van der Waals surface area contributed by atoms with Crippen molar-refractivity contribution in [2.24, 2.45) is 5.92 Å². The maximum atomic E-state index is 14.1. The summed E-state index contributed by atoms with van der Waals surface area (Å²) in [5.74, 6) is 1.57. The zero-order valence-electron chi connectivity index (χ0n) is 25.1. The van der Waals surface area contributed by atoms with E-state index in [2.05, 4.69) is 46.6 Å². The predicted octanol–water partition coefficient (Wildman–Crippen LogP) is 7.22. The van der Waals surface area contributed by atoms with E-state index in [-0.39, 0.29) is 17.7 Å². The van der Waals surface area contributed by atoms with Crippen molar-refractivity contribution in [3.63, 3.8) is 0 Å². The predicted molar refractivity (Wildman–Crippen MR) is 173 cm³/mol. The van der Waals surface area contributed by atoms with E-state index in [1.165, 1.54) is 16.7 Å². The summed E-state index contributed by atoms with van der Waals surface area (Å²) in [6.07, 6.45) is 5.08. The van der Waals surface area contributed by atoms with E-state index in [1.54, 1.807) is 7.11 Å². The highest BCUT2D eigenvalue weighted by Gasteiger charge is 2.40. The molecule has 2 aliphatic rings. The number of carbonyl (C=O) groups is 1. The highest BCUT2D eigenvalue weighted by molar-refractivity contribution is 6.37. The molecule has 0 spiro atoms. The van der Waals surface area contributed by atoms with E-state index < -0.39 is 0 Å². The summed E-state index contributed by atoms with van der Waals surface area (Å²) < 4.78 is 16.9. The molecular weight excluding hydrogens is 583 g/mol. The van der Waals surface area contributed by atoms with Gasteiger partial charge in [-0.15, -0.1) is 0 Å². The number of aryl methyl sites for hydroxylation is 2. The van der Waals surface area contributed by atoms with Crippen molar-refractivity contribution in [3.8, 4) is 11.5 Å². The van der Waals surface area contributed by atoms with Gasteiger partial charge in [0.15, 0.2) is 5.75 Å². The molecule has 5 rings (SSSR count). The number of hydrogen-bond donors (Lipinski definition) is 1. The Hall–Kier alpha value is -2.77. The molecule has 1 amide bonds. The first kappa shape index (κ1) is 31.6. The second-order valence-corrected chi connectivity index (χ2v) is 12.5. The summed E-state index contributed by atoms with van der Waals surface area (Å²) in [7, 11) is 1.74. The Morgan fingerprint density at radius 3 is 2.37 bits per heavy atom. The van der Waals surface area contributed by atoms with Crippen molar-refractivity contribution >= 4 is 29.1 Å². The third kappa shape index (κ3) is 8.66. The number of ether oxygens (including phenoxy) is 3. The van der Waals surface area contributed by atoms with Gasteiger partial charge in [0, 0.05) is 32.8 Å². The van der Waals surface area contributed by atoms with Gasteiger partial charge < -0.3 is 24.4 Å². The largest absolute Gasteiger partial charge is 0.490 e. The molecule has 6 nitrogen and oxygen atoms in total. The molecule has 1 saturated carbocycles. The number of hydrogen-bond acceptors (Lipinski definition) is 5. The minimum atomic E-state index is -0.0941. The molecule has 230 valence electrons. The number of rotatable bonds is 14. The molecule has 3 aromatic carbocycles. The molecule has 0 radical (unpaired) electrons. The zero-order valence-corrected chi connectivity index (χ0v) is 26.6. The van der Waals surface area contributed by atoms with Crippen molar-refractivity contribution in [1.29, 1.82) is 0 Å². The molecule has 2 fully saturated rings. The zero-order chi connectivity index (χ0) is 30.2. The van der Waals surface area contributed by atoms with Crippen LogP contribution in [0.1, 0.15) is 53.9 Å². The van der Waals surface area contributed by atoms with Crippen LogP contribution in [0.5, 0.6) is 11.5 Å². The molecule has 2 atom stereocenters. The third-order valence-corrected chi connectivity index (χ3v) is 8.84. The van der Waals surface area contributed by atoms with Crippen LogP contribution in [0, 0.1) is 12.8 Å². The smallest absolute Gasteiger partial charge is 0.228 e. The van der Waals surface area contributed by atoms with E-state index >= 15 is 0 Å². The topological polar surface area (TPSA) is 60.0 Å². The Labute approximate surface area is 265 Å². The highest BCUT2D eigenvalue weighted by atomic mass is 35.5. The third-order valence-electron chi connectivity index (χ3n) is 8.28. The Bertz CT molecular complexity index is 1340. The van der Waals surface area contributed by atoms with Crippen molar-refractivity contribution in [1.82, 2.24) is 10.2 Å². The summed E-state index contributed by atoms with van der Waals surface area (Å²) >= 11 is 12.6. The molecule has 3 aromatic rings. The van der Waals surface area contributed by atoms with Gasteiger partial charge in [0.05, 0.1) is 16.0 Å². The van der Waals surface area contributed by atoms with E-state index in [4.69, 9.17) is 37.4 Å². The van der Waals surface area contributed by atoms with Crippen LogP contribution in [0.2, 0.25) is 10.0 Å². The standard InChI is InChI=1S/C35H42Cl2N2O4/c1-24-19-32(36)34(33(37)20-24)43-18-17-42-29-12-8-27(9-13-29)30-14-15-38-22-31(30)35(40)39(28-10-11-28)23-26-6-3-5-25(21-26)7-4-16-41-2/h3,5-6,8-9,12-13,19-21,28,30-31,38H,4,7,10-11,14-18,22-23H2,1-2H3/t30-,31+/m1/s1. The van der Waals surface area contributed by atoms with Gasteiger partial charge in [0.25, 0.3) is 0 Å². The lowest BCUT2D eigenvalue weighted by atomic mass is 9.80. The number of carbonyl (C=O) groups excluding carboxylic acids is 1. The van der Waals surface area contributed by atoms with Gasteiger partial charge in [0.2, 0.25) is 5.91 Å². The maximum Gasteiger partial charge on any atom is 0.228 e. The van der Waals surface area contributed by atoms with Crippen molar-refractivity contribution < 1.29 is 19.0 Å². The van der Waals surface area contributed by atoms with Crippen LogP contribution in [0.3, 0.4) is 0 Å². The van der Waals surface area contributed by atoms with Crippen LogP contribution in [0.25, 0.3) is 0 Å². The molecule has 1 saturated heterocycles. The van der Waals surface area contributed by atoms with Crippen molar-refractivity contribution in [2.45, 2.75) is 57.5 Å². The normalized spacial score (nSPS) is 18.3. The lowest BCUT2D eigenvalue weighted by Gasteiger charge is -2.36. The quantitative estimate of drug-likeness (QED) is 0.192. The van der Waals surface area contributed by atoms with Crippen LogP contribution in [-0.2, 0) is 22.5 Å². The second kappa shape index (κ2) is 15.3. The summed E-state index contributed by atoms with van der Waals surface area (Å²) in [4.78, 5) is 16.2. The van der Waals surface area contributed by atoms with E-state index in [0.29, 0.717) is 48.1 Å². The summed E-state index contributed by atoms with van der Waals surface area (Å²) in [5, 5.41) is 4.47. The Morgan fingerprint density at radius 2 is 1.65 bits per heavy atom. The Balaban J connectivity index is 1.19. The first-order chi connectivity index (χ1) is 20.9. The molecule has 8 heteroatoms. The first-order valence-electron chi connectivity index (χ1n) is 15.3. The second-order valence-electron chi connectivity index (χ2n) is 11.6. The molecule has 0 bridgehead atoms. The lowest BCUT2D eigenvalue weighted by Crippen LogP contribution is -2.47. The monoisotopic (exact) mass is 624 g/mol. The van der Waals surface area contributed by atoms with Crippen LogP contribution < -0.4 is 14.8 Å². The Morgan fingerprint density at radius 1 is 0.930 bits per heavy atom. The van der Waals surface area contributed by atoms with Gasteiger partial charge in [-0.2, -0.15) is 0 Å². The summed E-state index contributed by atoms with van der Waals surface area (Å²) in [6, 6.07) is 20.8. The first-order valence-corrected chi connectivity index (χ1v) is 16.1. The Kier molecular flexibility index (Phi) is 11.3. The number of amides is 1. The minimum Gasteiger partial charge on any atom is -0.490 e. The van der Waals surface area contributed by atoms with E-state index in [1.807, 2.05) is 31.2 Å². The lowest BCUT2D eigenvalue weighted by molar-refractivity contribution is -0.138. The van der Waals surface area contributed by atoms with Crippen LogP contribution in [-0.4, -0.2) is 56.9 Å². The fourth-order valence-corrected chi connectivity index (χ4v) is 6.65. The van der Waals surface area contributed by atoms with Gasteiger partial charge in [-0.1, -0.05) is 59.6 Å². The van der Waals surface area contributed by atoms with Gasteiger partial charge >= 0.3 is 0 Å². The number of nitrogens with one attached hydrogen (secondary N) is 1. The summed E-state index contributed by atoms with van der Waals surface area (Å²) in [6.45, 7) is 5.64. The van der Waals surface area contributed by atoms with Gasteiger partial charge in [0.1, 0.15) is 19.0 Å². The van der Waals surface area contributed by atoms with Gasteiger partial charge in [-0.05, 0) is 98.0 Å². The van der Waals surface area contributed by atoms with Crippen LogP contribution >= 0.6 is 23.2 Å². The van der Waals surface area contributed by atoms with Crippen LogP contribution in [0.15, 0.2) is 60.7 Å². The average Bonchev–Trinajstić information content (AvgIpc) is 3.85. The van der Waals surface area contributed by atoms with E-state index in [0.717, 1.165) is 56.6 Å². The highest BCUT2D eigenvalue weighted by Crippen LogP contribution is 2.37. The number of halogens is 2. The molecule has 1 heterocycles.